The number of hydrogen-bond acceptors (Lipinski definition) is 20. The summed E-state index contributed by atoms with van der Waals surface area (Å²) in [6, 6.07) is 7.35. The third-order valence-electron chi connectivity index (χ3n) is 7.26. The Morgan fingerprint density at radius 3 is 2.05 bits per heavy atom. The van der Waals surface area contributed by atoms with Crippen molar-refractivity contribution in [2.75, 3.05) is 24.5 Å². The normalized spacial score (nSPS) is 14.4. The number of benzene rings is 4. The Hall–Kier alpha value is -2.40. The van der Waals surface area contributed by atoms with E-state index >= 15 is 0 Å². The van der Waals surface area contributed by atoms with Gasteiger partial charge in [0.1, 0.15) is 36.6 Å². The van der Waals surface area contributed by atoms with Crippen LogP contribution in [0.1, 0.15) is 0 Å². The molecular formula is C29H19CuN6Na3O15S3. The van der Waals surface area contributed by atoms with E-state index in [1.54, 1.807) is 0 Å². The fourth-order valence-corrected chi connectivity index (χ4v) is 7.08. The average Bonchev–Trinajstić information content (AvgIpc) is 3.42. The maximum Gasteiger partial charge on any atom is 2.00 e. The Labute approximate surface area is 400 Å². The number of carboxylic acid groups (broad SMARTS) is 1. The quantitative estimate of drug-likeness (QED) is 0.0783. The molecule has 0 spiro atoms. The number of amides is 1. The van der Waals surface area contributed by atoms with Crippen LogP contribution in [0.3, 0.4) is 0 Å². The van der Waals surface area contributed by atoms with Crippen LogP contribution < -0.4 is 114 Å². The molecule has 1 unspecified atom stereocenters. The number of nitrogens with zero attached hydrogens (tertiary/aromatic N) is 6. The van der Waals surface area contributed by atoms with Crippen molar-refractivity contribution in [2.24, 2.45) is 25.6 Å². The molecule has 1 atom stereocenters. The summed E-state index contributed by atoms with van der Waals surface area (Å²) in [6.45, 7) is -0.769. The molecule has 1 amide bonds. The molecule has 1 aliphatic heterocycles. The number of ether oxygens (including phenoxy) is 1. The van der Waals surface area contributed by atoms with Gasteiger partial charge in [0.15, 0.2) is 15.9 Å². The number of carbonyl (C=O) groups is 2. The molecule has 0 aliphatic carbocycles. The molecule has 0 saturated carbocycles. The number of azo groups is 2. The van der Waals surface area contributed by atoms with Crippen LogP contribution in [0.4, 0.5) is 22.7 Å². The number of sulfone groups is 1. The van der Waals surface area contributed by atoms with Crippen LogP contribution in [-0.4, -0.2) is 82.6 Å². The zero-order valence-electron chi connectivity index (χ0n) is 29.6. The number of aliphatic carboxylic acids is 1. The molecule has 1 radical (unpaired) electrons. The Balaban J connectivity index is 0.00000406. The third kappa shape index (κ3) is 11.7. The molecule has 4 aromatic carbocycles. The van der Waals surface area contributed by atoms with E-state index in [1.165, 1.54) is 0 Å². The van der Waals surface area contributed by atoms with Crippen molar-refractivity contribution in [2.45, 2.75) is 20.7 Å². The number of aliphatic hydroxyl groups is 1. The Morgan fingerprint density at radius 1 is 0.877 bits per heavy atom. The fraction of sp³-hybridized carbons (Fsp3) is 0.138. The zero-order chi connectivity index (χ0) is 39.0. The average molecular weight is 920 g/mol. The summed E-state index contributed by atoms with van der Waals surface area (Å²) in [6.07, 6.45) is 0. The zero-order valence-corrected chi connectivity index (χ0v) is 39.0. The second-order valence-electron chi connectivity index (χ2n) is 10.6. The van der Waals surface area contributed by atoms with Crippen molar-refractivity contribution >= 4 is 81.2 Å². The largest absolute Gasteiger partial charge is 2.00 e. The number of carboxylic acids is 1. The first-order chi connectivity index (χ1) is 24.8. The number of aliphatic hydroxyl groups excluding tert-OH is 1. The third-order valence-corrected chi connectivity index (χ3v) is 10.7. The van der Waals surface area contributed by atoms with E-state index in [0.29, 0.717) is 11.1 Å². The molecule has 28 heteroatoms. The summed E-state index contributed by atoms with van der Waals surface area (Å²) in [7, 11) is -13.4. The van der Waals surface area contributed by atoms with Crippen molar-refractivity contribution in [3.63, 3.8) is 0 Å². The van der Waals surface area contributed by atoms with Crippen LogP contribution in [-0.2, 0) is 56.7 Å². The SMILES string of the molecule is COc1cc(N=Nc2c(S(=O)(=O)[O-])cc3ccc(N=NC4C(=O)N(c5ccc(S(=O)(=O)[O-])cc5)N=C4C(=O)[O-])cc3c2[O-])c([O-])cc1S(=O)(=O)CCO.[Cu+2].[Na+].[Na+].[Na+]. The van der Waals surface area contributed by atoms with E-state index in [-0.39, 0.29) is 128 Å². The minimum absolute atomic E-state index is 0. The number of hydrogen-bond donors (Lipinski definition) is 1. The molecule has 1 heterocycles. The first-order valence-electron chi connectivity index (χ1n) is 14.3. The predicted octanol–water partition coefficient (Wildman–Crippen LogP) is -9.40. The summed E-state index contributed by atoms with van der Waals surface area (Å²) in [5.41, 5.74) is -2.95. The molecule has 1 aliphatic rings. The standard InChI is InChI=1S/C29H24N6O15S3.Cu.3Na/c1-50-21-12-19(20(37)13-22(21)51(42,43)9-8-36)31-32-24-23(53(47,48)49)10-14-2-3-15(11-18(14)27(24)38)30-33-25-26(29(40)41)34-35(28(25)39)16-4-6-17(7-5-16)52(44,45)46;;;;/h2-7,10-13,25,36-38H,8-9H2,1H3,(H,40,41)(H,44,45,46)(H,47,48,49);;;;/q;+2;3*+1/p-5. The van der Waals surface area contributed by atoms with Gasteiger partial charge < -0.3 is 39.1 Å². The number of anilines is 1. The van der Waals surface area contributed by atoms with E-state index in [4.69, 9.17) is 9.84 Å². The second-order valence-corrected chi connectivity index (χ2v) is 15.4. The first kappa shape index (κ1) is 52.6. The summed E-state index contributed by atoms with van der Waals surface area (Å²) < 4.78 is 99.9. The van der Waals surface area contributed by atoms with E-state index in [9.17, 15) is 59.3 Å². The molecule has 4 aromatic rings. The molecule has 5 rings (SSSR count). The topological polar surface area (TPSA) is 346 Å². The summed E-state index contributed by atoms with van der Waals surface area (Å²) >= 11 is 0. The fourth-order valence-electron chi connectivity index (χ4n) is 4.77. The maximum absolute atomic E-state index is 13.5. The monoisotopic (exact) mass is 919 g/mol. The van der Waals surface area contributed by atoms with E-state index in [0.717, 1.165) is 61.7 Å². The van der Waals surface area contributed by atoms with Gasteiger partial charge in [-0.3, -0.25) is 4.79 Å². The maximum atomic E-state index is 13.5. The number of rotatable bonds is 12. The summed E-state index contributed by atoms with van der Waals surface area (Å²) in [4.78, 5) is 22.5. The van der Waals surface area contributed by atoms with Crippen LogP contribution in [0, 0.1) is 0 Å². The van der Waals surface area contributed by atoms with Gasteiger partial charge in [-0.05, 0) is 59.3 Å². The first-order valence-corrected chi connectivity index (χ1v) is 18.7. The van der Waals surface area contributed by atoms with Crippen LogP contribution in [0.2, 0.25) is 0 Å². The molecule has 287 valence electrons. The van der Waals surface area contributed by atoms with Gasteiger partial charge in [0, 0.05) is 6.07 Å². The smallest absolute Gasteiger partial charge is 0.871 e. The number of methoxy groups -OCH3 is 1. The second kappa shape index (κ2) is 20.7. The minimum Gasteiger partial charge on any atom is -0.871 e. The Kier molecular flexibility index (Phi) is 19.1. The van der Waals surface area contributed by atoms with Gasteiger partial charge in [0.05, 0.1) is 58.0 Å². The van der Waals surface area contributed by atoms with Gasteiger partial charge in [0.25, 0.3) is 5.91 Å². The molecule has 0 bridgehead atoms. The Morgan fingerprint density at radius 2 is 1.51 bits per heavy atom. The number of hydrazone groups is 1. The van der Waals surface area contributed by atoms with Gasteiger partial charge in [-0.2, -0.15) is 25.5 Å². The van der Waals surface area contributed by atoms with Gasteiger partial charge in [-0.25, -0.2) is 25.3 Å². The summed E-state index contributed by atoms with van der Waals surface area (Å²) in [5.74, 6) is -6.45. The van der Waals surface area contributed by atoms with Gasteiger partial charge in [-0.1, -0.05) is 17.6 Å². The van der Waals surface area contributed by atoms with Gasteiger partial charge >= 0.3 is 106 Å². The molecule has 1 N–H and O–H groups in total. The van der Waals surface area contributed by atoms with E-state index in [1.807, 2.05) is 0 Å². The molecule has 57 heavy (non-hydrogen) atoms. The number of carbonyl (C=O) groups excluding carboxylic acids is 2. The molecular weight excluding hydrogens is 901 g/mol. The molecule has 21 nitrogen and oxygen atoms in total. The van der Waals surface area contributed by atoms with Crippen LogP contribution >= 0.6 is 0 Å². The molecule has 0 saturated heterocycles. The predicted molar refractivity (Wildman–Crippen MR) is 170 cm³/mol. The Bertz CT molecular complexity index is 2630. The van der Waals surface area contributed by atoms with Crippen LogP contribution in [0.15, 0.2) is 101 Å². The van der Waals surface area contributed by atoms with Crippen LogP contribution in [0.25, 0.3) is 10.8 Å². The number of fused-ring (bicyclic) bond motifs is 1. The van der Waals surface area contributed by atoms with Gasteiger partial charge in [-0.15, -0.1) is 5.11 Å². The summed E-state index contributed by atoms with van der Waals surface area (Å²) in [5, 5.41) is 65.4. The molecule has 0 aromatic heterocycles. The van der Waals surface area contributed by atoms with Crippen molar-refractivity contribution in [3.8, 4) is 17.2 Å². The van der Waals surface area contributed by atoms with E-state index in [2.05, 4.69) is 25.6 Å². The molecule has 0 fully saturated rings. The van der Waals surface area contributed by atoms with Crippen molar-refractivity contribution in [1.29, 1.82) is 0 Å². The minimum atomic E-state index is -5.41. The van der Waals surface area contributed by atoms with Crippen molar-refractivity contribution in [3.05, 3.63) is 60.7 Å². The van der Waals surface area contributed by atoms with Crippen molar-refractivity contribution in [1.82, 2.24) is 0 Å². The van der Waals surface area contributed by atoms with Crippen molar-refractivity contribution < 1.29 is 175 Å². The van der Waals surface area contributed by atoms with Crippen LogP contribution in [0.5, 0.6) is 17.2 Å². The van der Waals surface area contributed by atoms with Gasteiger partial charge in [0.2, 0.25) is 0 Å². The van der Waals surface area contributed by atoms with E-state index < -0.39 is 109 Å².